The highest BCUT2D eigenvalue weighted by Crippen LogP contribution is 2.40. The van der Waals surface area contributed by atoms with Gasteiger partial charge in [0, 0.05) is 23.0 Å². The number of hydrogen-bond acceptors (Lipinski definition) is 2. The molecule has 2 atom stereocenters. The van der Waals surface area contributed by atoms with Gasteiger partial charge < -0.3 is 10.4 Å². The van der Waals surface area contributed by atoms with Gasteiger partial charge in [0.05, 0.1) is 6.10 Å². The molecule has 0 aliphatic heterocycles. The van der Waals surface area contributed by atoms with E-state index in [2.05, 4.69) is 5.32 Å². The van der Waals surface area contributed by atoms with Gasteiger partial charge >= 0.3 is 0 Å². The monoisotopic (exact) mass is 257 g/mol. The molecule has 1 saturated carbocycles. The molecule has 1 aliphatic rings. The number of hydrogen-bond donors (Lipinski definition) is 2. The molecule has 2 unspecified atom stereocenters. The van der Waals surface area contributed by atoms with Gasteiger partial charge in [0.15, 0.2) is 0 Å². The number of rotatable bonds is 3. The molecule has 94 valence electrons. The number of halogens is 2. The van der Waals surface area contributed by atoms with E-state index >= 15 is 0 Å². The average molecular weight is 258 g/mol. The van der Waals surface area contributed by atoms with Gasteiger partial charge in [-0.1, -0.05) is 31.5 Å². The lowest BCUT2D eigenvalue weighted by Gasteiger charge is -2.49. The Hall–Kier alpha value is -0.640. The van der Waals surface area contributed by atoms with E-state index in [0.29, 0.717) is 11.6 Å². The molecule has 17 heavy (non-hydrogen) atoms. The Kier molecular flexibility index (Phi) is 3.43. The van der Waals surface area contributed by atoms with Crippen LogP contribution in [0.3, 0.4) is 0 Å². The van der Waals surface area contributed by atoms with Gasteiger partial charge in [-0.25, -0.2) is 4.39 Å². The quantitative estimate of drug-likeness (QED) is 0.873. The zero-order valence-corrected chi connectivity index (χ0v) is 10.8. The van der Waals surface area contributed by atoms with Crippen molar-refractivity contribution in [2.45, 2.75) is 39.0 Å². The summed E-state index contributed by atoms with van der Waals surface area (Å²) in [7, 11) is 0. The maximum absolute atomic E-state index is 12.9. The van der Waals surface area contributed by atoms with E-state index < -0.39 is 0 Å². The lowest BCUT2D eigenvalue weighted by atomic mass is 9.64. The average Bonchev–Trinajstić information content (AvgIpc) is 2.26. The minimum Gasteiger partial charge on any atom is -0.392 e. The minimum atomic E-state index is -0.321. The zero-order valence-electron chi connectivity index (χ0n) is 10.0. The Bertz CT molecular complexity index is 422. The van der Waals surface area contributed by atoms with Gasteiger partial charge in [-0.05, 0) is 24.1 Å². The summed E-state index contributed by atoms with van der Waals surface area (Å²) in [6.45, 7) is 4.66. The highest BCUT2D eigenvalue weighted by molar-refractivity contribution is 6.31. The predicted octanol–water partition coefficient (Wildman–Crippen LogP) is 2.73. The molecule has 1 aromatic rings. The molecule has 1 fully saturated rings. The minimum absolute atomic E-state index is 0.105. The first-order chi connectivity index (χ1) is 7.91. The fourth-order valence-corrected chi connectivity index (χ4v) is 2.38. The van der Waals surface area contributed by atoms with Crippen LogP contribution in [0.1, 0.15) is 25.8 Å². The summed E-state index contributed by atoms with van der Waals surface area (Å²) in [4.78, 5) is 0. The van der Waals surface area contributed by atoms with Crippen LogP contribution in [-0.2, 0) is 6.54 Å². The molecule has 0 amide bonds. The summed E-state index contributed by atoms with van der Waals surface area (Å²) in [5, 5.41) is 13.4. The zero-order chi connectivity index (χ0) is 12.6. The Labute approximate surface area is 106 Å². The third-order valence-electron chi connectivity index (χ3n) is 3.77. The van der Waals surface area contributed by atoms with Crippen LogP contribution in [0.4, 0.5) is 4.39 Å². The molecule has 0 bridgehead atoms. The van der Waals surface area contributed by atoms with Crippen LogP contribution in [0, 0.1) is 11.2 Å². The number of aliphatic hydroxyl groups excluding tert-OH is 1. The van der Waals surface area contributed by atoms with Gasteiger partial charge in [-0.3, -0.25) is 0 Å². The van der Waals surface area contributed by atoms with E-state index in [1.807, 2.05) is 13.8 Å². The molecule has 2 N–H and O–H groups in total. The Morgan fingerprint density at radius 1 is 1.53 bits per heavy atom. The van der Waals surface area contributed by atoms with Crippen molar-refractivity contribution in [1.82, 2.24) is 5.32 Å². The third kappa shape index (κ3) is 2.46. The van der Waals surface area contributed by atoms with Crippen LogP contribution in [0.2, 0.25) is 5.02 Å². The van der Waals surface area contributed by atoms with Crippen LogP contribution in [0.5, 0.6) is 0 Å². The lowest BCUT2D eigenvalue weighted by molar-refractivity contribution is -0.0729. The van der Waals surface area contributed by atoms with Crippen molar-refractivity contribution in [3.63, 3.8) is 0 Å². The van der Waals surface area contributed by atoms with Crippen LogP contribution in [0.15, 0.2) is 18.2 Å². The molecule has 2 rings (SSSR count). The van der Waals surface area contributed by atoms with E-state index in [4.69, 9.17) is 11.6 Å². The normalized spacial score (nSPS) is 26.6. The molecule has 0 radical (unpaired) electrons. The Balaban J connectivity index is 1.95. The summed E-state index contributed by atoms with van der Waals surface area (Å²) in [6.07, 6.45) is 0.509. The van der Waals surface area contributed by atoms with Crippen molar-refractivity contribution in [3.8, 4) is 0 Å². The van der Waals surface area contributed by atoms with E-state index in [9.17, 15) is 9.50 Å². The van der Waals surface area contributed by atoms with Gasteiger partial charge in [0.1, 0.15) is 5.82 Å². The van der Waals surface area contributed by atoms with E-state index in [1.165, 1.54) is 12.1 Å². The Morgan fingerprint density at radius 2 is 2.24 bits per heavy atom. The standard InChI is InChI=1S/C13H17ClFNO/c1-13(2)11(6-12(13)17)16-7-8-3-4-9(15)5-10(8)14/h3-5,11-12,16-17H,6-7H2,1-2H3. The maximum Gasteiger partial charge on any atom is 0.124 e. The first-order valence-electron chi connectivity index (χ1n) is 5.76. The molecule has 2 nitrogen and oxygen atoms in total. The predicted molar refractivity (Wildman–Crippen MR) is 66.4 cm³/mol. The molecule has 0 aromatic heterocycles. The number of nitrogens with one attached hydrogen (secondary N) is 1. The van der Waals surface area contributed by atoms with Gasteiger partial charge in [0.25, 0.3) is 0 Å². The van der Waals surface area contributed by atoms with Crippen LogP contribution in [-0.4, -0.2) is 17.3 Å². The third-order valence-corrected chi connectivity index (χ3v) is 4.12. The van der Waals surface area contributed by atoms with Crippen molar-refractivity contribution < 1.29 is 9.50 Å². The second-order valence-corrected chi connectivity index (χ2v) is 5.65. The molecular formula is C13H17ClFNO. The summed E-state index contributed by atoms with van der Waals surface area (Å²) in [6, 6.07) is 4.69. The number of aliphatic hydroxyl groups is 1. The smallest absolute Gasteiger partial charge is 0.124 e. The largest absolute Gasteiger partial charge is 0.392 e. The Morgan fingerprint density at radius 3 is 2.76 bits per heavy atom. The SMILES string of the molecule is CC1(C)C(O)CC1NCc1ccc(F)cc1Cl. The topological polar surface area (TPSA) is 32.3 Å². The second kappa shape index (κ2) is 4.56. The first-order valence-corrected chi connectivity index (χ1v) is 6.14. The summed E-state index contributed by atoms with van der Waals surface area (Å²) < 4.78 is 12.9. The lowest BCUT2D eigenvalue weighted by Crippen LogP contribution is -2.59. The summed E-state index contributed by atoms with van der Waals surface area (Å²) in [5.74, 6) is -0.321. The molecule has 0 heterocycles. The van der Waals surface area contributed by atoms with E-state index in [1.54, 1.807) is 6.07 Å². The van der Waals surface area contributed by atoms with Gasteiger partial charge in [0.2, 0.25) is 0 Å². The molecular weight excluding hydrogens is 241 g/mol. The van der Waals surface area contributed by atoms with Crippen molar-refractivity contribution in [2.75, 3.05) is 0 Å². The highest BCUT2D eigenvalue weighted by atomic mass is 35.5. The molecule has 0 saturated heterocycles. The van der Waals surface area contributed by atoms with Crippen molar-refractivity contribution in [3.05, 3.63) is 34.6 Å². The number of benzene rings is 1. The first kappa shape index (κ1) is 12.8. The van der Waals surface area contributed by atoms with Gasteiger partial charge in [-0.2, -0.15) is 0 Å². The van der Waals surface area contributed by atoms with Crippen LogP contribution in [0.25, 0.3) is 0 Å². The summed E-state index contributed by atoms with van der Waals surface area (Å²) >= 11 is 5.94. The fourth-order valence-electron chi connectivity index (χ4n) is 2.15. The van der Waals surface area contributed by atoms with Gasteiger partial charge in [-0.15, -0.1) is 0 Å². The van der Waals surface area contributed by atoms with Crippen molar-refractivity contribution >= 4 is 11.6 Å². The molecule has 1 aromatic carbocycles. The fraction of sp³-hybridized carbons (Fsp3) is 0.538. The van der Waals surface area contributed by atoms with Crippen LogP contribution >= 0.6 is 11.6 Å². The highest BCUT2D eigenvalue weighted by Gasteiger charge is 2.46. The van der Waals surface area contributed by atoms with Crippen molar-refractivity contribution in [1.29, 1.82) is 0 Å². The molecule has 1 aliphatic carbocycles. The second-order valence-electron chi connectivity index (χ2n) is 5.24. The van der Waals surface area contributed by atoms with Crippen LogP contribution < -0.4 is 5.32 Å². The van der Waals surface area contributed by atoms with E-state index in [0.717, 1.165) is 12.0 Å². The summed E-state index contributed by atoms with van der Waals surface area (Å²) in [5.41, 5.74) is 0.775. The van der Waals surface area contributed by atoms with E-state index in [-0.39, 0.29) is 23.4 Å². The molecule has 0 spiro atoms. The van der Waals surface area contributed by atoms with Crippen molar-refractivity contribution in [2.24, 2.45) is 5.41 Å². The molecule has 4 heteroatoms. The maximum atomic E-state index is 12.9.